The number of benzene rings is 1. The minimum atomic E-state index is -0.292. The molecule has 7 nitrogen and oxygen atoms in total. The predicted molar refractivity (Wildman–Crippen MR) is 111 cm³/mol. The first-order chi connectivity index (χ1) is 14.1. The predicted octanol–water partition coefficient (Wildman–Crippen LogP) is 3.03. The molecule has 1 fully saturated rings. The minimum absolute atomic E-state index is 0.137. The summed E-state index contributed by atoms with van der Waals surface area (Å²) in [6.45, 7) is 1.40. The van der Waals surface area contributed by atoms with Crippen LogP contribution in [-0.2, 0) is 22.6 Å². The normalized spacial score (nSPS) is 16.8. The summed E-state index contributed by atoms with van der Waals surface area (Å²) in [7, 11) is 0. The molecule has 3 aromatic rings. The molecule has 3 N–H and O–H groups in total. The average Bonchev–Trinajstić information content (AvgIpc) is 3.44. The standard InChI is InChI=1S/C21H22N4O3S/c22-20(27)17-7-3-9-25(17)12-14-5-1-2-6-16(14)24-19(26)11-15-13-29-21(23-15)18-8-4-10-28-18/h1-2,4-6,8,10,13,17H,3,7,9,11-12H2,(H2,22,27)(H,24,26). The Morgan fingerprint density at radius 2 is 2.14 bits per heavy atom. The van der Waals surface area contributed by atoms with E-state index >= 15 is 0 Å². The van der Waals surface area contributed by atoms with Crippen molar-refractivity contribution in [3.05, 3.63) is 59.3 Å². The summed E-state index contributed by atoms with van der Waals surface area (Å²) in [5.74, 6) is 0.267. The number of amides is 2. The number of nitrogens with two attached hydrogens (primary N) is 1. The lowest BCUT2D eigenvalue weighted by Gasteiger charge is -2.23. The Balaban J connectivity index is 1.42. The van der Waals surface area contributed by atoms with E-state index in [4.69, 9.17) is 10.2 Å². The highest BCUT2D eigenvalue weighted by Gasteiger charge is 2.29. The first kappa shape index (κ1) is 19.4. The fourth-order valence-corrected chi connectivity index (χ4v) is 4.38. The van der Waals surface area contributed by atoms with Gasteiger partial charge < -0.3 is 15.5 Å². The van der Waals surface area contributed by atoms with Crippen LogP contribution in [0.3, 0.4) is 0 Å². The molecule has 0 spiro atoms. The number of primary amides is 1. The largest absolute Gasteiger partial charge is 0.462 e. The lowest BCUT2D eigenvalue weighted by atomic mass is 10.1. The van der Waals surface area contributed by atoms with Crippen molar-refractivity contribution in [2.75, 3.05) is 11.9 Å². The number of carbonyl (C=O) groups is 2. The van der Waals surface area contributed by atoms with Gasteiger partial charge in [0, 0.05) is 17.6 Å². The number of rotatable bonds is 7. The third kappa shape index (κ3) is 4.55. The fourth-order valence-electron chi connectivity index (χ4n) is 3.60. The summed E-state index contributed by atoms with van der Waals surface area (Å²) in [4.78, 5) is 30.8. The second-order valence-corrected chi connectivity index (χ2v) is 7.89. The zero-order valence-corrected chi connectivity index (χ0v) is 16.7. The van der Waals surface area contributed by atoms with E-state index in [0.29, 0.717) is 18.0 Å². The van der Waals surface area contributed by atoms with E-state index in [1.165, 1.54) is 11.3 Å². The van der Waals surface area contributed by atoms with Crippen LogP contribution >= 0.6 is 11.3 Å². The molecule has 8 heteroatoms. The Morgan fingerprint density at radius 1 is 1.28 bits per heavy atom. The number of thiazole rings is 1. The number of hydrogen-bond donors (Lipinski definition) is 2. The molecule has 2 aromatic heterocycles. The maximum Gasteiger partial charge on any atom is 0.234 e. The van der Waals surface area contributed by atoms with Gasteiger partial charge in [-0.1, -0.05) is 18.2 Å². The summed E-state index contributed by atoms with van der Waals surface area (Å²) in [6.07, 6.45) is 3.51. The number of para-hydroxylation sites is 1. The van der Waals surface area contributed by atoms with Crippen molar-refractivity contribution in [1.29, 1.82) is 0 Å². The summed E-state index contributed by atoms with van der Waals surface area (Å²) in [6, 6.07) is 11.1. The number of likely N-dealkylation sites (tertiary alicyclic amines) is 1. The molecular formula is C21H22N4O3S. The van der Waals surface area contributed by atoms with Crippen LogP contribution in [0.25, 0.3) is 10.8 Å². The van der Waals surface area contributed by atoms with Gasteiger partial charge >= 0.3 is 0 Å². The molecule has 1 aliphatic rings. The van der Waals surface area contributed by atoms with Crippen molar-refractivity contribution in [3.63, 3.8) is 0 Å². The van der Waals surface area contributed by atoms with Gasteiger partial charge in [0.1, 0.15) is 0 Å². The van der Waals surface area contributed by atoms with Gasteiger partial charge in [-0.2, -0.15) is 0 Å². The van der Waals surface area contributed by atoms with E-state index in [2.05, 4.69) is 15.2 Å². The zero-order valence-electron chi connectivity index (χ0n) is 15.8. The molecule has 1 aromatic carbocycles. The Bertz CT molecular complexity index is 999. The van der Waals surface area contributed by atoms with Crippen LogP contribution in [0.15, 0.2) is 52.5 Å². The molecule has 0 saturated carbocycles. The number of nitrogens with zero attached hydrogens (tertiary/aromatic N) is 2. The van der Waals surface area contributed by atoms with Gasteiger partial charge in [0.25, 0.3) is 0 Å². The number of carbonyl (C=O) groups excluding carboxylic acids is 2. The maximum absolute atomic E-state index is 12.6. The third-order valence-electron chi connectivity index (χ3n) is 4.98. The van der Waals surface area contributed by atoms with E-state index in [1.54, 1.807) is 6.26 Å². The van der Waals surface area contributed by atoms with Crippen LogP contribution in [0.4, 0.5) is 5.69 Å². The van der Waals surface area contributed by atoms with Crippen molar-refractivity contribution in [2.24, 2.45) is 5.73 Å². The lowest BCUT2D eigenvalue weighted by Crippen LogP contribution is -2.39. The van der Waals surface area contributed by atoms with Crippen molar-refractivity contribution >= 4 is 28.8 Å². The Labute approximate surface area is 172 Å². The van der Waals surface area contributed by atoms with Gasteiger partial charge in [-0.05, 0) is 43.1 Å². The van der Waals surface area contributed by atoms with Crippen LogP contribution in [0, 0.1) is 0 Å². The molecule has 29 heavy (non-hydrogen) atoms. The van der Waals surface area contributed by atoms with Gasteiger partial charge in [-0.25, -0.2) is 4.98 Å². The molecule has 2 amide bonds. The third-order valence-corrected chi connectivity index (χ3v) is 5.89. The van der Waals surface area contributed by atoms with Crippen LogP contribution in [-0.4, -0.2) is 34.3 Å². The molecular weight excluding hydrogens is 388 g/mol. The van der Waals surface area contributed by atoms with Crippen molar-refractivity contribution < 1.29 is 14.0 Å². The Hall–Kier alpha value is -2.97. The quantitative estimate of drug-likeness (QED) is 0.623. The van der Waals surface area contributed by atoms with Crippen molar-refractivity contribution in [1.82, 2.24) is 9.88 Å². The van der Waals surface area contributed by atoms with Gasteiger partial charge in [-0.3, -0.25) is 14.5 Å². The monoisotopic (exact) mass is 410 g/mol. The zero-order chi connectivity index (χ0) is 20.2. The lowest BCUT2D eigenvalue weighted by molar-refractivity contribution is -0.122. The van der Waals surface area contributed by atoms with Crippen LogP contribution in [0.1, 0.15) is 24.1 Å². The second kappa shape index (κ2) is 8.59. The SMILES string of the molecule is NC(=O)C1CCCN1Cc1ccccc1NC(=O)Cc1csc(-c2ccco2)n1. The first-order valence-electron chi connectivity index (χ1n) is 9.49. The van der Waals surface area contributed by atoms with Gasteiger partial charge in [0.15, 0.2) is 10.8 Å². The molecule has 0 bridgehead atoms. The summed E-state index contributed by atoms with van der Waals surface area (Å²) < 4.78 is 5.35. The van der Waals surface area contributed by atoms with Crippen LogP contribution in [0.2, 0.25) is 0 Å². The van der Waals surface area contributed by atoms with Crippen LogP contribution < -0.4 is 11.1 Å². The highest BCUT2D eigenvalue weighted by atomic mass is 32.1. The minimum Gasteiger partial charge on any atom is -0.462 e. The van der Waals surface area contributed by atoms with Crippen molar-refractivity contribution in [2.45, 2.75) is 31.8 Å². The Kier molecular flexibility index (Phi) is 5.73. The molecule has 1 atom stereocenters. The maximum atomic E-state index is 12.6. The van der Waals surface area contributed by atoms with Gasteiger partial charge in [0.05, 0.1) is 24.4 Å². The average molecular weight is 410 g/mol. The number of furan rings is 1. The van der Waals surface area contributed by atoms with E-state index in [0.717, 1.165) is 35.6 Å². The van der Waals surface area contributed by atoms with E-state index in [9.17, 15) is 9.59 Å². The molecule has 3 heterocycles. The molecule has 150 valence electrons. The number of nitrogens with one attached hydrogen (secondary N) is 1. The van der Waals surface area contributed by atoms with Crippen molar-refractivity contribution in [3.8, 4) is 10.8 Å². The Morgan fingerprint density at radius 3 is 2.93 bits per heavy atom. The van der Waals surface area contributed by atoms with Gasteiger partial charge in [0.2, 0.25) is 11.8 Å². The first-order valence-corrected chi connectivity index (χ1v) is 10.4. The van der Waals surface area contributed by atoms with Gasteiger partial charge in [-0.15, -0.1) is 11.3 Å². The number of aromatic nitrogens is 1. The van der Waals surface area contributed by atoms with E-state index < -0.39 is 0 Å². The molecule has 1 aliphatic heterocycles. The smallest absolute Gasteiger partial charge is 0.234 e. The molecule has 1 saturated heterocycles. The van der Waals surface area contributed by atoms with Crippen LogP contribution in [0.5, 0.6) is 0 Å². The molecule has 4 rings (SSSR count). The summed E-state index contributed by atoms with van der Waals surface area (Å²) in [5.41, 5.74) is 7.93. The number of anilines is 1. The molecule has 0 radical (unpaired) electrons. The highest BCUT2D eigenvalue weighted by molar-refractivity contribution is 7.13. The van der Waals surface area contributed by atoms with E-state index in [1.807, 2.05) is 41.8 Å². The topological polar surface area (TPSA) is 101 Å². The van der Waals surface area contributed by atoms with E-state index in [-0.39, 0.29) is 24.3 Å². The molecule has 1 unspecified atom stereocenters. The fraction of sp³-hybridized carbons (Fsp3) is 0.286. The summed E-state index contributed by atoms with van der Waals surface area (Å²) >= 11 is 1.45. The number of hydrogen-bond acceptors (Lipinski definition) is 6. The molecule has 0 aliphatic carbocycles. The summed E-state index contributed by atoms with van der Waals surface area (Å²) in [5, 5.41) is 5.60. The highest BCUT2D eigenvalue weighted by Crippen LogP contribution is 2.26. The second-order valence-electron chi connectivity index (χ2n) is 7.03.